The lowest BCUT2D eigenvalue weighted by Crippen LogP contribution is -2.42. The van der Waals surface area contributed by atoms with E-state index in [1.165, 1.54) is 0 Å². The van der Waals surface area contributed by atoms with Gasteiger partial charge in [0.05, 0.1) is 6.61 Å². The maximum Gasteiger partial charge on any atom is 0.161 e. The summed E-state index contributed by atoms with van der Waals surface area (Å²) in [7, 11) is 0. The van der Waals surface area contributed by atoms with Gasteiger partial charge in [-0.2, -0.15) is 0 Å². The molecule has 3 heteroatoms. The Morgan fingerprint density at radius 2 is 1.75 bits per heavy atom. The number of hydrogen-bond donors (Lipinski definition) is 1. The molecule has 0 bridgehead atoms. The van der Waals surface area contributed by atoms with E-state index >= 15 is 0 Å². The Labute approximate surface area is 123 Å². The van der Waals surface area contributed by atoms with Gasteiger partial charge in [-0.1, -0.05) is 39.3 Å². The van der Waals surface area contributed by atoms with Crippen molar-refractivity contribution in [3.05, 3.63) is 24.3 Å². The van der Waals surface area contributed by atoms with Crippen LogP contribution in [-0.4, -0.2) is 25.3 Å². The molecule has 0 aliphatic carbocycles. The highest BCUT2D eigenvalue weighted by Gasteiger charge is 2.21. The quantitative estimate of drug-likeness (QED) is 0.701. The molecule has 0 aliphatic heterocycles. The molecule has 0 saturated carbocycles. The van der Waals surface area contributed by atoms with Crippen molar-refractivity contribution in [1.82, 2.24) is 5.32 Å². The molecule has 1 aromatic rings. The SMILES string of the molecule is CCCC(NCC)C(CC)Oc1ccccc1OCC. The van der Waals surface area contributed by atoms with Crippen LogP contribution in [0.25, 0.3) is 0 Å². The van der Waals surface area contributed by atoms with Crippen molar-refractivity contribution in [3.63, 3.8) is 0 Å². The molecular formula is C17H29NO2. The van der Waals surface area contributed by atoms with E-state index in [-0.39, 0.29) is 6.10 Å². The fourth-order valence-corrected chi connectivity index (χ4v) is 2.43. The molecule has 20 heavy (non-hydrogen) atoms. The standard InChI is InChI=1S/C17H29NO2/c1-5-11-14(18-7-3)15(6-2)20-17-13-10-9-12-16(17)19-8-4/h9-10,12-15,18H,5-8,11H2,1-4H3. The van der Waals surface area contributed by atoms with Crippen LogP contribution in [0.3, 0.4) is 0 Å². The van der Waals surface area contributed by atoms with Crippen LogP contribution < -0.4 is 14.8 Å². The van der Waals surface area contributed by atoms with Crippen LogP contribution >= 0.6 is 0 Å². The van der Waals surface area contributed by atoms with Gasteiger partial charge in [-0.05, 0) is 38.4 Å². The fraction of sp³-hybridized carbons (Fsp3) is 0.647. The van der Waals surface area contributed by atoms with E-state index in [0.29, 0.717) is 12.6 Å². The minimum Gasteiger partial charge on any atom is -0.490 e. The fourth-order valence-electron chi connectivity index (χ4n) is 2.43. The molecule has 0 aliphatic rings. The van der Waals surface area contributed by atoms with Crippen molar-refractivity contribution in [1.29, 1.82) is 0 Å². The van der Waals surface area contributed by atoms with Gasteiger partial charge in [0.25, 0.3) is 0 Å². The molecule has 1 aromatic carbocycles. The van der Waals surface area contributed by atoms with Crippen LogP contribution in [0.15, 0.2) is 24.3 Å². The van der Waals surface area contributed by atoms with E-state index in [0.717, 1.165) is 37.3 Å². The molecular weight excluding hydrogens is 250 g/mol. The summed E-state index contributed by atoms with van der Waals surface area (Å²) < 4.78 is 11.9. The van der Waals surface area contributed by atoms with Gasteiger partial charge in [0.2, 0.25) is 0 Å². The molecule has 1 N–H and O–H groups in total. The maximum absolute atomic E-state index is 6.23. The van der Waals surface area contributed by atoms with Gasteiger partial charge in [0.15, 0.2) is 11.5 Å². The van der Waals surface area contributed by atoms with Crippen LogP contribution in [0, 0.1) is 0 Å². The van der Waals surface area contributed by atoms with Crippen molar-refractivity contribution in [2.24, 2.45) is 0 Å². The highest BCUT2D eigenvalue weighted by atomic mass is 16.5. The van der Waals surface area contributed by atoms with Gasteiger partial charge in [-0.15, -0.1) is 0 Å². The van der Waals surface area contributed by atoms with Crippen molar-refractivity contribution in [2.75, 3.05) is 13.2 Å². The highest BCUT2D eigenvalue weighted by Crippen LogP contribution is 2.28. The Morgan fingerprint density at radius 1 is 1.05 bits per heavy atom. The molecule has 0 radical (unpaired) electrons. The van der Waals surface area contributed by atoms with E-state index in [1.54, 1.807) is 0 Å². The third-order valence-electron chi connectivity index (χ3n) is 3.34. The summed E-state index contributed by atoms with van der Waals surface area (Å²) in [6.07, 6.45) is 3.45. The predicted molar refractivity (Wildman–Crippen MR) is 84.7 cm³/mol. The topological polar surface area (TPSA) is 30.5 Å². The number of ether oxygens (including phenoxy) is 2. The third kappa shape index (κ3) is 5.04. The van der Waals surface area contributed by atoms with E-state index in [1.807, 2.05) is 31.2 Å². The molecule has 0 fully saturated rings. The third-order valence-corrected chi connectivity index (χ3v) is 3.34. The lowest BCUT2D eigenvalue weighted by Gasteiger charge is -2.28. The van der Waals surface area contributed by atoms with Crippen molar-refractivity contribution >= 4 is 0 Å². The van der Waals surface area contributed by atoms with Crippen LogP contribution in [-0.2, 0) is 0 Å². The number of para-hydroxylation sites is 2. The summed E-state index contributed by atoms with van der Waals surface area (Å²) >= 11 is 0. The number of nitrogens with one attached hydrogen (secondary N) is 1. The summed E-state index contributed by atoms with van der Waals surface area (Å²) in [4.78, 5) is 0. The number of benzene rings is 1. The summed E-state index contributed by atoms with van der Waals surface area (Å²) in [6.45, 7) is 10.1. The molecule has 3 nitrogen and oxygen atoms in total. The first-order valence-corrected chi connectivity index (χ1v) is 7.88. The second-order valence-corrected chi connectivity index (χ2v) is 4.90. The normalized spacial score (nSPS) is 13.8. The van der Waals surface area contributed by atoms with Crippen LogP contribution in [0.2, 0.25) is 0 Å². The van der Waals surface area contributed by atoms with E-state index in [2.05, 4.69) is 26.1 Å². The zero-order chi connectivity index (χ0) is 14.8. The van der Waals surface area contributed by atoms with Crippen LogP contribution in [0.4, 0.5) is 0 Å². The smallest absolute Gasteiger partial charge is 0.161 e. The summed E-state index contributed by atoms with van der Waals surface area (Å²) in [5.41, 5.74) is 0. The molecule has 2 unspecified atom stereocenters. The Balaban J connectivity index is 2.80. The summed E-state index contributed by atoms with van der Waals surface area (Å²) in [6, 6.07) is 8.32. The number of hydrogen-bond acceptors (Lipinski definition) is 3. The zero-order valence-electron chi connectivity index (χ0n) is 13.3. The second-order valence-electron chi connectivity index (χ2n) is 4.90. The summed E-state index contributed by atoms with van der Waals surface area (Å²) in [5, 5.41) is 3.54. The molecule has 1 rings (SSSR count). The van der Waals surface area contributed by atoms with Crippen LogP contribution in [0.1, 0.15) is 47.0 Å². The number of likely N-dealkylation sites (N-methyl/N-ethyl adjacent to an activating group) is 1. The number of rotatable bonds is 10. The van der Waals surface area contributed by atoms with Gasteiger partial charge < -0.3 is 14.8 Å². The Bertz CT molecular complexity index is 362. The van der Waals surface area contributed by atoms with Crippen LogP contribution in [0.5, 0.6) is 11.5 Å². The summed E-state index contributed by atoms with van der Waals surface area (Å²) in [5.74, 6) is 1.68. The first-order chi connectivity index (χ1) is 9.76. The molecule has 0 amide bonds. The molecule has 114 valence electrons. The lowest BCUT2D eigenvalue weighted by molar-refractivity contribution is 0.137. The average Bonchev–Trinajstić information content (AvgIpc) is 2.46. The van der Waals surface area contributed by atoms with E-state index < -0.39 is 0 Å². The van der Waals surface area contributed by atoms with Gasteiger partial charge in [0, 0.05) is 6.04 Å². The first kappa shape index (κ1) is 16.8. The predicted octanol–water partition coefficient (Wildman–Crippen LogP) is 4.02. The van der Waals surface area contributed by atoms with Crippen molar-refractivity contribution < 1.29 is 9.47 Å². The molecule has 2 atom stereocenters. The monoisotopic (exact) mass is 279 g/mol. The van der Waals surface area contributed by atoms with E-state index in [9.17, 15) is 0 Å². The Hall–Kier alpha value is -1.22. The van der Waals surface area contributed by atoms with Gasteiger partial charge >= 0.3 is 0 Å². The van der Waals surface area contributed by atoms with Gasteiger partial charge in [0.1, 0.15) is 6.10 Å². The van der Waals surface area contributed by atoms with E-state index in [4.69, 9.17) is 9.47 Å². The molecule has 0 saturated heterocycles. The average molecular weight is 279 g/mol. The Kier molecular flexibility index (Phi) is 8.12. The van der Waals surface area contributed by atoms with Gasteiger partial charge in [-0.3, -0.25) is 0 Å². The largest absolute Gasteiger partial charge is 0.490 e. The highest BCUT2D eigenvalue weighted by molar-refractivity contribution is 5.39. The molecule has 0 spiro atoms. The minimum atomic E-state index is 0.177. The Morgan fingerprint density at radius 3 is 2.30 bits per heavy atom. The molecule has 0 aromatic heterocycles. The second kappa shape index (κ2) is 9.65. The van der Waals surface area contributed by atoms with Crippen molar-refractivity contribution in [2.45, 2.75) is 59.1 Å². The van der Waals surface area contributed by atoms with Crippen molar-refractivity contribution in [3.8, 4) is 11.5 Å². The maximum atomic E-state index is 6.23. The minimum absolute atomic E-state index is 0.177. The zero-order valence-corrected chi connectivity index (χ0v) is 13.3. The first-order valence-electron chi connectivity index (χ1n) is 7.88. The lowest BCUT2D eigenvalue weighted by atomic mass is 10.0. The van der Waals surface area contributed by atoms with Gasteiger partial charge in [-0.25, -0.2) is 0 Å². The molecule has 0 heterocycles.